The zero-order valence-electron chi connectivity index (χ0n) is 40.9. The Labute approximate surface area is 385 Å². The number of carbonyl (C=O) groups excluding carboxylic acids is 1. The third-order valence-corrected chi connectivity index (χ3v) is 11.6. The van der Waals surface area contributed by atoms with Crippen molar-refractivity contribution >= 4 is 5.91 Å². The van der Waals surface area contributed by atoms with E-state index in [9.17, 15) is 15.0 Å². The van der Waals surface area contributed by atoms with Crippen molar-refractivity contribution in [3.05, 3.63) is 97.2 Å². The second kappa shape index (κ2) is 52.7. The second-order valence-corrected chi connectivity index (χ2v) is 17.6. The van der Waals surface area contributed by atoms with E-state index in [1.807, 2.05) is 0 Å². The maximum Gasteiger partial charge on any atom is 0.220 e. The molecule has 3 N–H and O–H groups in total. The van der Waals surface area contributed by atoms with Gasteiger partial charge in [0.05, 0.1) is 18.8 Å². The molecule has 0 aromatic rings. The predicted octanol–water partition coefficient (Wildman–Crippen LogP) is 17.4. The fourth-order valence-electron chi connectivity index (χ4n) is 7.61. The first kappa shape index (κ1) is 59.3. The molecule has 2 atom stereocenters. The van der Waals surface area contributed by atoms with Gasteiger partial charge in [-0.2, -0.15) is 0 Å². The molecule has 4 heteroatoms. The van der Waals surface area contributed by atoms with Gasteiger partial charge in [0.15, 0.2) is 0 Å². The molecule has 0 radical (unpaired) electrons. The van der Waals surface area contributed by atoms with Gasteiger partial charge in [-0.15, -0.1) is 0 Å². The van der Waals surface area contributed by atoms with Crippen molar-refractivity contribution in [3.63, 3.8) is 0 Å². The van der Waals surface area contributed by atoms with Gasteiger partial charge in [0.1, 0.15) is 0 Å². The molecule has 0 bridgehead atoms. The summed E-state index contributed by atoms with van der Waals surface area (Å²) < 4.78 is 0. The Morgan fingerprint density at radius 1 is 0.403 bits per heavy atom. The minimum absolute atomic E-state index is 0.0578. The van der Waals surface area contributed by atoms with Crippen molar-refractivity contribution in [1.82, 2.24) is 5.32 Å². The summed E-state index contributed by atoms with van der Waals surface area (Å²) in [4.78, 5) is 12.5. The largest absolute Gasteiger partial charge is 0.394 e. The summed E-state index contributed by atoms with van der Waals surface area (Å²) in [5.74, 6) is -0.0578. The highest BCUT2D eigenvalue weighted by atomic mass is 16.3. The molecule has 2 unspecified atom stereocenters. The molecule has 356 valence electrons. The van der Waals surface area contributed by atoms with Crippen molar-refractivity contribution in [2.45, 2.75) is 257 Å². The van der Waals surface area contributed by atoms with Crippen LogP contribution in [0.5, 0.6) is 0 Å². The van der Waals surface area contributed by atoms with Gasteiger partial charge in [-0.05, 0) is 77.0 Å². The number of allylic oxidation sites excluding steroid dienone is 16. The maximum absolute atomic E-state index is 12.5. The van der Waals surface area contributed by atoms with Gasteiger partial charge < -0.3 is 15.5 Å². The van der Waals surface area contributed by atoms with E-state index >= 15 is 0 Å². The first-order valence-electron chi connectivity index (χ1n) is 26.4. The number of carbonyl (C=O) groups is 1. The minimum atomic E-state index is -0.678. The summed E-state index contributed by atoms with van der Waals surface area (Å²) in [5, 5.41) is 23.3. The number of amides is 1. The highest BCUT2D eigenvalue weighted by molar-refractivity contribution is 5.76. The van der Waals surface area contributed by atoms with E-state index in [2.05, 4.69) is 116 Å². The van der Waals surface area contributed by atoms with Crippen molar-refractivity contribution < 1.29 is 15.0 Å². The molecule has 0 aliphatic heterocycles. The lowest BCUT2D eigenvalue weighted by molar-refractivity contribution is -0.123. The molecule has 0 saturated heterocycles. The molecule has 0 aliphatic carbocycles. The summed E-state index contributed by atoms with van der Waals surface area (Å²) >= 11 is 0. The van der Waals surface area contributed by atoms with Crippen LogP contribution in [0.3, 0.4) is 0 Å². The number of unbranched alkanes of at least 4 members (excludes halogenated alkanes) is 24. The first-order chi connectivity index (χ1) is 30.7. The van der Waals surface area contributed by atoms with E-state index in [1.165, 1.54) is 122 Å². The zero-order chi connectivity index (χ0) is 44.9. The molecule has 0 fully saturated rings. The van der Waals surface area contributed by atoms with Crippen LogP contribution in [0.1, 0.15) is 245 Å². The fraction of sp³-hybridized carbons (Fsp3) is 0.707. The number of aliphatic hydroxyl groups excluding tert-OH is 2. The molecule has 0 saturated carbocycles. The summed E-state index contributed by atoms with van der Waals surface area (Å²) in [6.45, 7) is 4.24. The molecule has 0 aromatic carbocycles. The minimum Gasteiger partial charge on any atom is -0.394 e. The van der Waals surface area contributed by atoms with Crippen molar-refractivity contribution in [2.75, 3.05) is 6.61 Å². The lowest BCUT2D eigenvalue weighted by Gasteiger charge is -2.22. The number of aliphatic hydroxyl groups is 2. The van der Waals surface area contributed by atoms with Crippen molar-refractivity contribution in [2.24, 2.45) is 0 Å². The molecule has 1 amide bonds. The van der Waals surface area contributed by atoms with E-state index in [-0.39, 0.29) is 12.5 Å². The standard InChI is InChI=1S/C58H101NO3/c1-3-5-7-9-11-13-15-17-19-21-23-25-26-27-28-29-30-31-32-34-36-38-40-42-44-46-48-50-52-54-58(62)59-56(55-60)57(61)53-51-49-47-45-43-41-39-37-35-33-24-22-20-18-16-14-12-10-8-6-4-2/h5,7,11,13,17,19,23,25,27-28,30-31,34,36,40,42,56-57,60-61H,3-4,6,8-10,12,14-16,18,20-22,24,26,29,32-33,35,37-39,41,43-55H2,1-2H3,(H,59,62)/b7-5-,13-11-,19-17-,25-23-,28-27-,31-30-,36-34-,42-40-. The number of hydrogen-bond acceptors (Lipinski definition) is 3. The Hall–Kier alpha value is -2.69. The predicted molar refractivity (Wildman–Crippen MR) is 276 cm³/mol. The second-order valence-electron chi connectivity index (χ2n) is 17.6. The van der Waals surface area contributed by atoms with E-state index in [4.69, 9.17) is 0 Å². The van der Waals surface area contributed by atoms with Gasteiger partial charge in [-0.1, -0.05) is 259 Å². The lowest BCUT2D eigenvalue weighted by Crippen LogP contribution is -2.45. The Balaban J connectivity index is 3.62. The van der Waals surface area contributed by atoms with Gasteiger partial charge >= 0.3 is 0 Å². The number of nitrogens with one attached hydrogen (secondary N) is 1. The van der Waals surface area contributed by atoms with E-state index < -0.39 is 12.1 Å². The topological polar surface area (TPSA) is 69.6 Å². The summed E-state index contributed by atoms with van der Waals surface area (Å²) in [6.07, 6.45) is 77.9. The van der Waals surface area contributed by atoms with Crippen LogP contribution >= 0.6 is 0 Å². The highest BCUT2D eigenvalue weighted by Gasteiger charge is 2.20. The lowest BCUT2D eigenvalue weighted by atomic mass is 10.0. The molecule has 0 aromatic heterocycles. The van der Waals surface area contributed by atoms with Gasteiger partial charge in [0.2, 0.25) is 5.91 Å². The Kier molecular flexibility index (Phi) is 50.4. The third kappa shape index (κ3) is 48.3. The van der Waals surface area contributed by atoms with Crippen LogP contribution < -0.4 is 5.32 Å². The van der Waals surface area contributed by atoms with Crippen LogP contribution in [-0.2, 0) is 4.79 Å². The average Bonchev–Trinajstić information content (AvgIpc) is 3.28. The van der Waals surface area contributed by atoms with Crippen LogP contribution in [0.2, 0.25) is 0 Å². The fourth-order valence-corrected chi connectivity index (χ4v) is 7.61. The highest BCUT2D eigenvalue weighted by Crippen LogP contribution is 2.16. The molecule has 4 nitrogen and oxygen atoms in total. The summed E-state index contributed by atoms with van der Waals surface area (Å²) in [5.41, 5.74) is 0. The molecular formula is C58H101NO3. The van der Waals surface area contributed by atoms with Crippen LogP contribution in [0, 0.1) is 0 Å². The number of rotatable bonds is 47. The van der Waals surface area contributed by atoms with Gasteiger partial charge in [-0.25, -0.2) is 0 Å². The van der Waals surface area contributed by atoms with Crippen LogP contribution in [0.15, 0.2) is 97.2 Å². The zero-order valence-corrected chi connectivity index (χ0v) is 40.9. The van der Waals surface area contributed by atoms with Gasteiger partial charge in [0.25, 0.3) is 0 Å². The third-order valence-electron chi connectivity index (χ3n) is 11.6. The van der Waals surface area contributed by atoms with Crippen molar-refractivity contribution in [1.29, 1.82) is 0 Å². The molecule has 0 spiro atoms. The van der Waals surface area contributed by atoms with Crippen molar-refractivity contribution in [3.8, 4) is 0 Å². The smallest absolute Gasteiger partial charge is 0.220 e. The Morgan fingerprint density at radius 3 is 1.06 bits per heavy atom. The Morgan fingerprint density at radius 2 is 0.710 bits per heavy atom. The summed E-state index contributed by atoms with van der Waals surface area (Å²) in [7, 11) is 0. The molecule has 62 heavy (non-hydrogen) atoms. The average molecular weight is 860 g/mol. The van der Waals surface area contributed by atoms with Crippen LogP contribution in [0.25, 0.3) is 0 Å². The normalized spacial score (nSPS) is 13.7. The van der Waals surface area contributed by atoms with Gasteiger partial charge in [-0.3, -0.25) is 4.79 Å². The molecular weight excluding hydrogens is 759 g/mol. The SMILES string of the molecule is CC/C=C\C/C=C\C/C=C\C/C=C\C/C=C\C/C=C\C/C=C\C/C=C\CCCCCCC(=O)NC(CO)C(O)CCCCCCCCCCCCCCCCCCCCCCC. The first-order valence-corrected chi connectivity index (χ1v) is 26.4. The van der Waals surface area contributed by atoms with E-state index in [0.717, 1.165) is 96.3 Å². The Bertz CT molecular complexity index is 1160. The molecule has 0 heterocycles. The van der Waals surface area contributed by atoms with Crippen LogP contribution in [0.4, 0.5) is 0 Å². The summed E-state index contributed by atoms with van der Waals surface area (Å²) in [6, 6.07) is -0.558. The maximum atomic E-state index is 12.5. The monoisotopic (exact) mass is 860 g/mol. The quantitative estimate of drug-likeness (QED) is 0.0422. The number of hydrogen-bond donors (Lipinski definition) is 3. The van der Waals surface area contributed by atoms with E-state index in [1.54, 1.807) is 0 Å². The molecule has 0 aliphatic rings. The van der Waals surface area contributed by atoms with Crippen LogP contribution in [-0.4, -0.2) is 34.9 Å². The van der Waals surface area contributed by atoms with Gasteiger partial charge in [0, 0.05) is 6.42 Å². The van der Waals surface area contributed by atoms with E-state index in [0.29, 0.717) is 12.8 Å². The molecule has 0 rings (SSSR count).